The Morgan fingerprint density at radius 1 is 0.843 bits per heavy atom. The summed E-state index contributed by atoms with van der Waals surface area (Å²) in [6.45, 7) is 6.79. The first-order valence-corrected chi connectivity index (χ1v) is 17.4. The third kappa shape index (κ3) is 6.93. The molecule has 0 radical (unpaired) electrons. The van der Waals surface area contributed by atoms with E-state index < -0.39 is 23.0 Å². The zero-order valence-electron chi connectivity index (χ0n) is 29.2. The lowest BCUT2D eigenvalue weighted by Gasteiger charge is -2.49. The fourth-order valence-electron chi connectivity index (χ4n) is 7.73. The molecule has 5 aromatic rings. The Kier molecular flexibility index (Phi) is 9.52. The molecule has 0 unspecified atom stereocenters. The average Bonchev–Trinajstić information content (AvgIpc) is 3.14. The summed E-state index contributed by atoms with van der Waals surface area (Å²) in [6, 6.07) is 21.7. The molecule has 0 aliphatic carbocycles. The minimum Gasteiger partial charge on any atom is -0.497 e. The Morgan fingerprint density at radius 2 is 1.51 bits per heavy atom. The molecule has 0 spiro atoms. The van der Waals surface area contributed by atoms with Crippen molar-refractivity contribution in [3.05, 3.63) is 124 Å². The molecule has 3 aliphatic rings. The average molecular weight is 695 g/mol. The lowest BCUT2D eigenvalue weighted by molar-refractivity contribution is -0.955. The van der Waals surface area contributed by atoms with Crippen molar-refractivity contribution in [3.63, 3.8) is 0 Å². The van der Waals surface area contributed by atoms with Crippen LogP contribution < -0.4 is 24.5 Å². The molecule has 8 nitrogen and oxygen atoms in total. The Hall–Kier alpha value is -5.22. The smallest absolute Gasteiger partial charge is 0.263 e. The number of anilines is 1. The molecule has 0 N–H and O–H groups in total. The van der Waals surface area contributed by atoms with Gasteiger partial charge in [-0.05, 0) is 61.9 Å². The van der Waals surface area contributed by atoms with E-state index in [0.29, 0.717) is 35.1 Å². The standard InChI is InChI=1S/C41H42F2N3O5/c1-4-44(32-18-30(42)17-31(43)19-32)41(48)38-24-45(39-23-34(49-2)9-10-37(39)40(38)47)33-20-35(50-3)22-36(21-33)51-26-29-8-6-5-7-28(29)25-46-14-11-27(12-15-46)13-16-46/h5-10,17-24,27H,4,11-16,25-26H2,1-3H3/q+1. The molecule has 0 saturated carbocycles. The van der Waals surface area contributed by atoms with E-state index in [-0.39, 0.29) is 23.2 Å². The van der Waals surface area contributed by atoms with Crippen molar-refractivity contribution in [2.45, 2.75) is 39.3 Å². The van der Waals surface area contributed by atoms with E-state index in [1.54, 1.807) is 48.9 Å². The number of methoxy groups -OCH3 is 2. The number of rotatable bonds is 11. The van der Waals surface area contributed by atoms with E-state index in [4.69, 9.17) is 14.2 Å². The fourth-order valence-corrected chi connectivity index (χ4v) is 7.73. The summed E-state index contributed by atoms with van der Waals surface area (Å²) < 4.78 is 48.9. The third-order valence-corrected chi connectivity index (χ3v) is 10.6. The van der Waals surface area contributed by atoms with Crippen LogP contribution in [0.3, 0.4) is 0 Å². The molecule has 2 bridgehead atoms. The van der Waals surface area contributed by atoms with Crippen LogP contribution in [0.5, 0.6) is 17.2 Å². The third-order valence-electron chi connectivity index (χ3n) is 10.6. The number of ether oxygens (including phenoxy) is 3. The van der Waals surface area contributed by atoms with Crippen LogP contribution >= 0.6 is 0 Å². The van der Waals surface area contributed by atoms with Crippen molar-refractivity contribution in [2.75, 3.05) is 45.3 Å². The van der Waals surface area contributed by atoms with Gasteiger partial charge in [0.25, 0.3) is 5.91 Å². The quantitative estimate of drug-likeness (QED) is 0.133. The molecular formula is C41H42F2N3O5+. The van der Waals surface area contributed by atoms with Gasteiger partial charge in [0.2, 0.25) is 5.43 Å². The number of halogens is 2. The number of aromatic nitrogens is 1. The minimum absolute atomic E-state index is 0.00712. The molecule has 1 amide bonds. The summed E-state index contributed by atoms with van der Waals surface area (Å²) in [7, 11) is 3.10. The van der Waals surface area contributed by atoms with Gasteiger partial charge in [0, 0.05) is 59.7 Å². The normalized spacial score (nSPS) is 18.1. The number of carbonyl (C=O) groups is 1. The van der Waals surface area contributed by atoms with Gasteiger partial charge in [0.1, 0.15) is 47.6 Å². The molecule has 3 fully saturated rings. The molecule has 10 heteroatoms. The second-order valence-electron chi connectivity index (χ2n) is 13.6. The Labute approximate surface area is 296 Å². The van der Waals surface area contributed by atoms with Gasteiger partial charge in [0.05, 0.1) is 45.1 Å². The molecule has 51 heavy (non-hydrogen) atoms. The number of pyridine rings is 1. The maximum Gasteiger partial charge on any atom is 0.263 e. The summed E-state index contributed by atoms with van der Waals surface area (Å²) in [5.41, 5.74) is 2.78. The van der Waals surface area contributed by atoms with Crippen LogP contribution in [0.4, 0.5) is 14.5 Å². The highest BCUT2D eigenvalue weighted by molar-refractivity contribution is 6.07. The van der Waals surface area contributed by atoms with Gasteiger partial charge in [-0.15, -0.1) is 0 Å². The van der Waals surface area contributed by atoms with E-state index >= 15 is 0 Å². The predicted octanol–water partition coefficient (Wildman–Crippen LogP) is 7.66. The number of hydrogen-bond donors (Lipinski definition) is 0. The van der Waals surface area contributed by atoms with Gasteiger partial charge in [-0.3, -0.25) is 9.59 Å². The number of amides is 1. The molecule has 3 saturated heterocycles. The second kappa shape index (κ2) is 14.2. The maximum atomic E-state index is 14.2. The molecule has 4 heterocycles. The minimum atomic E-state index is -0.828. The van der Waals surface area contributed by atoms with E-state index in [1.807, 2.05) is 12.1 Å². The van der Waals surface area contributed by atoms with Crippen molar-refractivity contribution in [1.82, 2.24) is 4.57 Å². The number of quaternary nitrogens is 1. The van der Waals surface area contributed by atoms with Crippen LogP contribution in [0, 0.1) is 17.6 Å². The first kappa shape index (κ1) is 34.2. The zero-order valence-corrected chi connectivity index (χ0v) is 29.2. The first-order chi connectivity index (χ1) is 24.7. The van der Waals surface area contributed by atoms with Crippen LogP contribution in [0.1, 0.15) is 47.7 Å². The van der Waals surface area contributed by atoms with Crippen molar-refractivity contribution in [2.24, 2.45) is 5.92 Å². The monoisotopic (exact) mass is 694 g/mol. The molecule has 1 aromatic heterocycles. The number of nitrogens with zero attached hydrogens (tertiary/aromatic N) is 3. The van der Waals surface area contributed by atoms with Gasteiger partial charge in [-0.1, -0.05) is 24.3 Å². The molecular weight excluding hydrogens is 652 g/mol. The topological polar surface area (TPSA) is 70.0 Å². The van der Waals surface area contributed by atoms with Crippen molar-refractivity contribution >= 4 is 22.5 Å². The summed E-state index contributed by atoms with van der Waals surface area (Å²) in [5, 5.41) is 0.261. The maximum absolute atomic E-state index is 14.2. The summed E-state index contributed by atoms with van der Waals surface area (Å²) in [5.74, 6) is 0.108. The molecule has 264 valence electrons. The lowest BCUT2D eigenvalue weighted by atomic mass is 9.85. The molecule has 8 rings (SSSR count). The van der Waals surface area contributed by atoms with Crippen LogP contribution in [0.25, 0.3) is 16.6 Å². The second-order valence-corrected chi connectivity index (χ2v) is 13.6. The summed E-state index contributed by atoms with van der Waals surface area (Å²) >= 11 is 0. The van der Waals surface area contributed by atoms with E-state index in [1.165, 1.54) is 62.7 Å². The van der Waals surface area contributed by atoms with Gasteiger partial charge < -0.3 is 28.2 Å². The van der Waals surface area contributed by atoms with E-state index in [9.17, 15) is 18.4 Å². The van der Waals surface area contributed by atoms with Gasteiger partial charge >= 0.3 is 0 Å². The molecule has 4 aromatic carbocycles. The van der Waals surface area contributed by atoms with Crippen LogP contribution in [0.2, 0.25) is 0 Å². The number of fused-ring (bicyclic) bond motifs is 4. The van der Waals surface area contributed by atoms with Gasteiger partial charge in [-0.2, -0.15) is 0 Å². The SMILES string of the molecule is CCN(C(=O)c1cn(-c2cc(OC)cc(OCc3ccccc3C[N+]34CCC(CC3)CC4)c2)c2cc(OC)ccc2c1=O)c1cc(F)cc(F)c1. The van der Waals surface area contributed by atoms with E-state index in [2.05, 4.69) is 18.2 Å². The zero-order chi connectivity index (χ0) is 35.7. The molecule has 0 atom stereocenters. The van der Waals surface area contributed by atoms with Gasteiger partial charge in [0.15, 0.2) is 0 Å². The highest BCUT2D eigenvalue weighted by atomic mass is 19.1. The van der Waals surface area contributed by atoms with Crippen molar-refractivity contribution in [1.29, 1.82) is 0 Å². The number of carbonyl (C=O) groups excluding carboxylic acids is 1. The number of hydrogen-bond acceptors (Lipinski definition) is 5. The highest BCUT2D eigenvalue weighted by Crippen LogP contribution is 2.36. The van der Waals surface area contributed by atoms with Gasteiger partial charge in [-0.25, -0.2) is 8.78 Å². The molecule has 3 aliphatic heterocycles. The predicted molar refractivity (Wildman–Crippen MR) is 193 cm³/mol. The fraction of sp³-hybridized carbons (Fsp3) is 0.317. The van der Waals surface area contributed by atoms with Crippen molar-refractivity contribution < 1.29 is 32.3 Å². The van der Waals surface area contributed by atoms with Crippen LogP contribution in [-0.2, 0) is 13.2 Å². The Morgan fingerprint density at radius 3 is 2.18 bits per heavy atom. The van der Waals surface area contributed by atoms with Crippen LogP contribution in [0.15, 0.2) is 89.9 Å². The summed E-state index contributed by atoms with van der Waals surface area (Å²) in [6.07, 6.45) is 5.38. The Balaban J connectivity index is 1.26. The Bertz CT molecular complexity index is 2120. The summed E-state index contributed by atoms with van der Waals surface area (Å²) in [4.78, 5) is 29.1. The largest absolute Gasteiger partial charge is 0.497 e. The lowest BCUT2D eigenvalue weighted by Crippen LogP contribution is -2.57. The van der Waals surface area contributed by atoms with Crippen LogP contribution in [-0.4, -0.2) is 55.4 Å². The van der Waals surface area contributed by atoms with Crippen molar-refractivity contribution in [3.8, 4) is 22.9 Å². The highest BCUT2D eigenvalue weighted by Gasteiger charge is 2.39. The van der Waals surface area contributed by atoms with E-state index in [0.717, 1.165) is 40.7 Å². The first-order valence-electron chi connectivity index (χ1n) is 17.4. The number of benzene rings is 4. The number of piperidine rings is 3.